The number of benzene rings is 2. The number of hydrogen-bond acceptors (Lipinski definition) is 5. The lowest BCUT2D eigenvalue weighted by atomic mass is 10.1. The number of carbonyl (C=O) groups is 3. The van der Waals surface area contributed by atoms with E-state index >= 15 is 0 Å². The number of nitrogens with zero attached hydrogens (tertiary/aromatic N) is 1. The molecule has 1 saturated heterocycles. The van der Waals surface area contributed by atoms with Crippen molar-refractivity contribution in [1.29, 1.82) is 0 Å². The summed E-state index contributed by atoms with van der Waals surface area (Å²) < 4.78 is 10.7. The molecule has 2 aromatic rings. The van der Waals surface area contributed by atoms with E-state index in [-0.39, 0.29) is 37.2 Å². The normalized spacial score (nSPS) is 15.5. The van der Waals surface area contributed by atoms with Gasteiger partial charge in [-0.05, 0) is 55.8 Å². The van der Waals surface area contributed by atoms with E-state index in [0.717, 1.165) is 11.3 Å². The molecule has 3 amide bonds. The fourth-order valence-electron chi connectivity index (χ4n) is 3.45. The van der Waals surface area contributed by atoms with E-state index in [0.29, 0.717) is 23.7 Å². The maximum absolute atomic E-state index is 12.5. The minimum Gasteiger partial charge on any atom is -0.495 e. The van der Waals surface area contributed by atoms with Crippen LogP contribution in [0.1, 0.15) is 18.9 Å². The molecule has 1 heterocycles. The van der Waals surface area contributed by atoms with Crippen LogP contribution in [0.25, 0.3) is 0 Å². The first-order chi connectivity index (χ1) is 14.9. The van der Waals surface area contributed by atoms with Crippen LogP contribution in [0.4, 0.5) is 11.4 Å². The molecule has 2 aromatic carbocycles. The van der Waals surface area contributed by atoms with Crippen molar-refractivity contribution in [1.82, 2.24) is 5.32 Å². The molecule has 0 bridgehead atoms. The molecule has 0 aliphatic carbocycles. The Morgan fingerprint density at radius 3 is 2.58 bits per heavy atom. The van der Waals surface area contributed by atoms with Gasteiger partial charge >= 0.3 is 0 Å². The van der Waals surface area contributed by atoms with Crippen LogP contribution in [0.3, 0.4) is 0 Å². The van der Waals surface area contributed by atoms with Gasteiger partial charge in [0.15, 0.2) is 0 Å². The third-order valence-corrected chi connectivity index (χ3v) is 5.01. The lowest BCUT2D eigenvalue weighted by Gasteiger charge is -2.17. The number of amides is 3. The zero-order valence-electron chi connectivity index (χ0n) is 17.9. The van der Waals surface area contributed by atoms with Crippen LogP contribution < -0.4 is 25.0 Å². The van der Waals surface area contributed by atoms with E-state index in [4.69, 9.17) is 9.47 Å². The van der Waals surface area contributed by atoms with Crippen LogP contribution in [-0.2, 0) is 14.4 Å². The quantitative estimate of drug-likeness (QED) is 0.677. The van der Waals surface area contributed by atoms with Crippen molar-refractivity contribution in [2.24, 2.45) is 5.92 Å². The number of rotatable bonds is 8. The number of hydrogen-bond donors (Lipinski definition) is 2. The Morgan fingerprint density at radius 1 is 1.16 bits per heavy atom. The number of nitrogens with one attached hydrogen (secondary N) is 2. The standard InChI is InChI=1S/C23H27N3O5/c1-4-31-18-8-6-17(7-9-18)26-14-16(12-22(26)28)23(29)24-13-21(27)25-19-11-15(2)5-10-20(19)30-3/h5-11,16H,4,12-14H2,1-3H3,(H,24,29)(H,25,27). The summed E-state index contributed by atoms with van der Waals surface area (Å²) in [6, 6.07) is 12.6. The molecule has 0 radical (unpaired) electrons. The second-order valence-electron chi connectivity index (χ2n) is 7.30. The number of ether oxygens (including phenoxy) is 2. The molecular formula is C23H27N3O5. The summed E-state index contributed by atoms with van der Waals surface area (Å²) in [5, 5.41) is 5.36. The van der Waals surface area contributed by atoms with Gasteiger partial charge in [-0.15, -0.1) is 0 Å². The van der Waals surface area contributed by atoms with Crippen molar-refractivity contribution in [3.05, 3.63) is 48.0 Å². The van der Waals surface area contributed by atoms with E-state index in [2.05, 4.69) is 10.6 Å². The minimum absolute atomic E-state index is 0.104. The molecule has 1 aliphatic heterocycles. The van der Waals surface area contributed by atoms with Gasteiger partial charge in [0.05, 0.1) is 31.9 Å². The molecular weight excluding hydrogens is 398 g/mol. The third-order valence-electron chi connectivity index (χ3n) is 5.01. The number of methoxy groups -OCH3 is 1. The topological polar surface area (TPSA) is 97.0 Å². The van der Waals surface area contributed by atoms with Gasteiger partial charge in [-0.2, -0.15) is 0 Å². The van der Waals surface area contributed by atoms with Gasteiger partial charge in [0.1, 0.15) is 11.5 Å². The molecule has 8 nitrogen and oxygen atoms in total. The molecule has 1 atom stereocenters. The van der Waals surface area contributed by atoms with Crippen LogP contribution in [0.15, 0.2) is 42.5 Å². The first-order valence-corrected chi connectivity index (χ1v) is 10.2. The molecule has 3 rings (SSSR count). The summed E-state index contributed by atoms with van der Waals surface area (Å²) in [7, 11) is 1.52. The van der Waals surface area contributed by atoms with E-state index in [1.807, 2.05) is 19.9 Å². The predicted molar refractivity (Wildman–Crippen MR) is 117 cm³/mol. The Morgan fingerprint density at radius 2 is 1.90 bits per heavy atom. The second kappa shape index (κ2) is 9.97. The number of carbonyl (C=O) groups excluding carboxylic acids is 3. The van der Waals surface area contributed by atoms with Gasteiger partial charge in [-0.25, -0.2) is 0 Å². The van der Waals surface area contributed by atoms with E-state index < -0.39 is 5.92 Å². The van der Waals surface area contributed by atoms with Crippen LogP contribution in [0, 0.1) is 12.8 Å². The zero-order chi connectivity index (χ0) is 22.4. The lowest BCUT2D eigenvalue weighted by molar-refractivity contribution is -0.127. The summed E-state index contributed by atoms with van der Waals surface area (Å²) in [5.74, 6) is -0.0715. The molecule has 0 aromatic heterocycles. The third kappa shape index (κ3) is 5.53. The van der Waals surface area contributed by atoms with E-state index in [1.54, 1.807) is 41.3 Å². The van der Waals surface area contributed by atoms with E-state index in [1.165, 1.54) is 7.11 Å². The average molecular weight is 425 g/mol. The maximum atomic E-state index is 12.5. The molecule has 8 heteroatoms. The average Bonchev–Trinajstić information content (AvgIpc) is 3.15. The molecule has 1 aliphatic rings. The molecule has 164 valence electrons. The Hall–Kier alpha value is -3.55. The lowest BCUT2D eigenvalue weighted by Crippen LogP contribution is -2.38. The Balaban J connectivity index is 1.53. The number of aryl methyl sites for hydroxylation is 1. The van der Waals surface area contributed by atoms with Crippen LogP contribution in [0.2, 0.25) is 0 Å². The van der Waals surface area contributed by atoms with Crippen molar-refractivity contribution < 1.29 is 23.9 Å². The van der Waals surface area contributed by atoms with Crippen molar-refractivity contribution >= 4 is 29.1 Å². The van der Waals surface area contributed by atoms with Gasteiger partial charge in [0, 0.05) is 18.7 Å². The first-order valence-electron chi connectivity index (χ1n) is 10.2. The highest BCUT2D eigenvalue weighted by molar-refractivity contribution is 6.01. The molecule has 1 unspecified atom stereocenters. The van der Waals surface area contributed by atoms with Crippen molar-refractivity contribution in [2.45, 2.75) is 20.3 Å². The monoisotopic (exact) mass is 425 g/mol. The molecule has 0 saturated carbocycles. The molecule has 2 N–H and O–H groups in total. The number of anilines is 2. The summed E-state index contributed by atoms with van der Waals surface area (Å²) in [4.78, 5) is 38.8. The minimum atomic E-state index is -0.514. The highest BCUT2D eigenvalue weighted by Crippen LogP contribution is 2.27. The Kier molecular flexibility index (Phi) is 7.12. The van der Waals surface area contributed by atoms with Crippen LogP contribution >= 0.6 is 0 Å². The summed E-state index contributed by atoms with van der Waals surface area (Å²) in [6.45, 7) is 4.45. The van der Waals surface area contributed by atoms with Crippen LogP contribution in [0.5, 0.6) is 11.5 Å². The Bertz CT molecular complexity index is 958. The first kappa shape index (κ1) is 22.1. The van der Waals surface area contributed by atoms with Crippen molar-refractivity contribution in [2.75, 3.05) is 37.0 Å². The van der Waals surface area contributed by atoms with Crippen molar-refractivity contribution in [3.8, 4) is 11.5 Å². The Labute approximate surface area is 181 Å². The highest BCUT2D eigenvalue weighted by Gasteiger charge is 2.35. The fourth-order valence-corrected chi connectivity index (χ4v) is 3.45. The van der Waals surface area contributed by atoms with Crippen LogP contribution in [-0.4, -0.2) is 44.5 Å². The van der Waals surface area contributed by atoms with Gasteiger partial charge in [-0.3, -0.25) is 14.4 Å². The molecule has 1 fully saturated rings. The maximum Gasteiger partial charge on any atom is 0.243 e. The fraction of sp³-hybridized carbons (Fsp3) is 0.348. The highest BCUT2D eigenvalue weighted by atomic mass is 16.5. The largest absolute Gasteiger partial charge is 0.495 e. The molecule has 0 spiro atoms. The summed E-state index contributed by atoms with van der Waals surface area (Å²) in [6.07, 6.45) is 0.104. The van der Waals surface area contributed by atoms with Crippen molar-refractivity contribution in [3.63, 3.8) is 0 Å². The predicted octanol–water partition coefficient (Wildman–Crippen LogP) is 2.51. The van der Waals surface area contributed by atoms with Gasteiger partial charge in [-0.1, -0.05) is 6.07 Å². The second-order valence-corrected chi connectivity index (χ2v) is 7.30. The summed E-state index contributed by atoms with van der Waals surface area (Å²) >= 11 is 0. The van der Waals surface area contributed by atoms with Gasteiger partial charge in [0.25, 0.3) is 0 Å². The smallest absolute Gasteiger partial charge is 0.243 e. The van der Waals surface area contributed by atoms with E-state index in [9.17, 15) is 14.4 Å². The molecule has 31 heavy (non-hydrogen) atoms. The van der Waals surface area contributed by atoms with Gasteiger partial charge < -0.3 is 25.0 Å². The SMILES string of the molecule is CCOc1ccc(N2CC(C(=O)NCC(=O)Nc3cc(C)ccc3OC)CC2=O)cc1. The van der Waals surface area contributed by atoms with Gasteiger partial charge in [0.2, 0.25) is 17.7 Å². The zero-order valence-corrected chi connectivity index (χ0v) is 17.9. The summed E-state index contributed by atoms with van der Waals surface area (Å²) in [5.41, 5.74) is 2.23.